The van der Waals surface area contributed by atoms with Crippen molar-refractivity contribution in [1.82, 2.24) is 10.2 Å². The summed E-state index contributed by atoms with van der Waals surface area (Å²) in [5.74, 6) is -0.774. The second-order valence-corrected chi connectivity index (χ2v) is 4.35. The van der Waals surface area contributed by atoms with E-state index in [2.05, 4.69) is 17.3 Å². The minimum atomic E-state index is -0.789. The van der Waals surface area contributed by atoms with Crippen molar-refractivity contribution in [2.24, 2.45) is 0 Å². The van der Waals surface area contributed by atoms with Crippen molar-refractivity contribution in [2.75, 3.05) is 20.6 Å². The molecule has 0 bridgehead atoms. The predicted octanol–water partition coefficient (Wildman–Crippen LogP) is 0.533. The van der Waals surface area contributed by atoms with Gasteiger partial charge in [0.25, 0.3) is 0 Å². The van der Waals surface area contributed by atoms with Crippen LogP contribution in [0, 0.1) is 0 Å². The van der Waals surface area contributed by atoms with Crippen molar-refractivity contribution in [1.29, 1.82) is 0 Å². The topological polar surface area (TPSA) is 52.6 Å². The van der Waals surface area contributed by atoms with E-state index in [9.17, 15) is 4.79 Å². The molecule has 0 aromatic carbocycles. The van der Waals surface area contributed by atoms with Gasteiger partial charge in [-0.05, 0) is 40.3 Å². The Balaban J connectivity index is 2.36. The summed E-state index contributed by atoms with van der Waals surface area (Å²) < 4.78 is 0. The van der Waals surface area contributed by atoms with Gasteiger partial charge >= 0.3 is 5.97 Å². The molecule has 0 amide bonds. The van der Waals surface area contributed by atoms with Crippen LogP contribution in [0.15, 0.2) is 0 Å². The molecule has 1 rings (SSSR count). The number of carboxylic acids is 1. The van der Waals surface area contributed by atoms with Crippen LogP contribution in [0.3, 0.4) is 0 Å². The Morgan fingerprint density at radius 3 is 2.57 bits per heavy atom. The molecule has 4 heteroatoms. The van der Waals surface area contributed by atoms with E-state index in [0.717, 1.165) is 6.54 Å². The zero-order chi connectivity index (χ0) is 10.8. The first-order valence-corrected chi connectivity index (χ1v) is 5.12. The number of aliphatic carboxylic acids is 1. The van der Waals surface area contributed by atoms with E-state index in [4.69, 9.17) is 5.11 Å². The highest BCUT2D eigenvalue weighted by Gasteiger charge is 2.33. The molecule has 0 aliphatic heterocycles. The monoisotopic (exact) mass is 200 g/mol. The largest absolute Gasteiger partial charge is 0.480 e. The average molecular weight is 200 g/mol. The lowest BCUT2D eigenvalue weighted by Crippen LogP contribution is -2.49. The lowest BCUT2D eigenvalue weighted by Gasteiger charge is -2.27. The second-order valence-electron chi connectivity index (χ2n) is 4.35. The van der Waals surface area contributed by atoms with Crippen LogP contribution in [-0.2, 0) is 4.79 Å². The Bertz CT molecular complexity index is 216. The molecule has 1 aliphatic carbocycles. The summed E-state index contributed by atoms with van der Waals surface area (Å²) in [7, 11) is 3.76. The smallest absolute Gasteiger partial charge is 0.323 e. The summed E-state index contributed by atoms with van der Waals surface area (Å²) in [4.78, 5) is 13.2. The van der Waals surface area contributed by atoms with Crippen molar-refractivity contribution < 1.29 is 9.90 Å². The zero-order valence-corrected chi connectivity index (χ0v) is 9.21. The van der Waals surface area contributed by atoms with E-state index in [1.54, 1.807) is 14.0 Å². The number of rotatable bonds is 6. The number of carboxylic acid groups (broad SMARTS) is 1. The van der Waals surface area contributed by atoms with E-state index in [-0.39, 0.29) is 0 Å². The Labute approximate surface area is 85.3 Å². The van der Waals surface area contributed by atoms with Crippen molar-refractivity contribution in [3.8, 4) is 0 Å². The molecule has 0 heterocycles. The highest BCUT2D eigenvalue weighted by molar-refractivity contribution is 5.78. The number of hydrogen-bond acceptors (Lipinski definition) is 3. The van der Waals surface area contributed by atoms with E-state index >= 15 is 0 Å². The molecular weight excluding hydrogens is 180 g/mol. The fourth-order valence-electron chi connectivity index (χ4n) is 1.44. The molecule has 14 heavy (non-hydrogen) atoms. The molecule has 0 radical (unpaired) electrons. The number of hydrogen-bond donors (Lipinski definition) is 2. The molecular formula is C10H20N2O2. The van der Waals surface area contributed by atoms with Crippen LogP contribution >= 0.6 is 0 Å². The molecule has 1 unspecified atom stereocenters. The van der Waals surface area contributed by atoms with Crippen LogP contribution in [0.1, 0.15) is 26.2 Å². The molecule has 0 saturated heterocycles. The molecule has 0 aromatic rings. The van der Waals surface area contributed by atoms with Gasteiger partial charge in [0.2, 0.25) is 0 Å². The average Bonchev–Trinajstić information content (AvgIpc) is 2.96. The Hall–Kier alpha value is -0.610. The molecule has 1 atom stereocenters. The van der Waals surface area contributed by atoms with E-state index in [1.807, 2.05) is 0 Å². The van der Waals surface area contributed by atoms with Gasteiger partial charge in [-0.3, -0.25) is 4.79 Å². The zero-order valence-electron chi connectivity index (χ0n) is 9.21. The fourth-order valence-corrected chi connectivity index (χ4v) is 1.44. The molecule has 1 saturated carbocycles. The summed E-state index contributed by atoms with van der Waals surface area (Å²) in [6.45, 7) is 2.57. The molecule has 4 nitrogen and oxygen atoms in total. The van der Waals surface area contributed by atoms with E-state index in [0.29, 0.717) is 12.5 Å². The molecule has 82 valence electrons. The van der Waals surface area contributed by atoms with Crippen LogP contribution < -0.4 is 5.32 Å². The van der Waals surface area contributed by atoms with Gasteiger partial charge in [0.15, 0.2) is 0 Å². The summed E-state index contributed by atoms with van der Waals surface area (Å²) in [5.41, 5.74) is -0.789. The Morgan fingerprint density at radius 2 is 2.21 bits per heavy atom. The normalized spacial score (nSPS) is 20.9. The first-order chi connectivity index (χ1) is 6.49. The minimum absolute atomic E-state index is 0.645. The fraction of sp³-hybridized carbons (Fsp3) is 0.900. The van der Waals surface area contributed by atoms with Gasteiger partial charge in [-0.15, -0.1) is 0 Å². The minimum Gasteiger partial charge on any atom is -0.480 e. The highest BCUT2D eigenvalue weighted by atomic mass is 16.4. The quantitative estimate of drug-likeness (QED) is 0.657. The van der Waals surface area contributed by atoms with Crippen molar-refractivity contribution >= 4 is 5.97 Å². The third-order valence-corrected chi connectivity index (χ3v) is 3.16. The Morgan fingerprint density at radius 1 is 1.64 bits per heavy atom. The first-order valence-electron chi connectivity index (χ1n) is 5.12. The molecule has 1 fully saturated rings. The van der Waals surface area contributed by atoms with Crippen molar-refractivity contribution in [3.63, 3.8) is 0 Å². The lowest BCUT2D eigenvalue weighted by molar-refractivity contribution is -0.144. The number of nitrogens with one attached hydrogen (secondary N) is 1. The van der Waals surface area contributed by atoms with Gasteiger partial charge in [0, 0.05) is 12.6 Å². The van der Waals surface area contributed by atoms with Crippen LogP contribution in [0.5, 0.6) is 0 Å². The van der Waals surface area contributed by atoms with Gasteiger partial charge < -0.3 is 15.3 Å². The van der Waals surface area contributed by atoms with Crippen LogP contribution in [0.25, 0.3) is 0 Å². The lowest BCUT2D eigenvalue weighted by atomic mass is 9.98. The summed E-state index contributed by atoms with van der Waals surface area (Å²) in [6, 6.07) is 0.699. The standard InChI is InChI=1S/C10H20N2O2/c1-10(11-2,9(13)14)6-7-12(3)8-4-5-8/h8,11H,4-7H2,1-3H3,(H,13,14). The number of likely N-dealkylation sites (N-methyl/N-ethyl adjacent to an activating group) is 1. The van der Waals surface area contributed by atoms with Crippen LogP contribution in [0.2, 0.25) is 0 Å². The third kappa shape index (κ3) is 2.69. The van der Waals surface area contributed by atoms with Crippen LogP contribution in [-0.4, -0.2) is 48.2 Å². The number of carbonyl (C=O) groups is 1. The highest BCUT2D eigenvalue weighted by Crippen LogP contribution is 2.26. The van der Waals surface area contributed by atoms with Gasteiger partial charge in [-0.25, -0.2) is 0 Å². The molecule has 1 aliphatic rings. The van der Waals surface area contributed by atoms with Gasteiger partial charge in [-0.2, -0.15) is 0 Å². The maximum Gasteiger partial charge on any atom is 0.323 e. The van der Waals surface area contributed by atoms with E-state index in [1.165, 1.54) is 12.8 Å². The SMILES string of the molecule is CNC(C)(CCN(C)C1CC1)C(=O)O. The Kier molecular flexibility index (Phi) is 3.50. The molecule has 2 N–H and O–H groups in total. The molecule has 0 aromatic heterocycles. The third-order valence-electron chi connectivity index (χ3n) is 3.16. The van der Waals surface area contributed by atoms with E-state index < -0.39 is 11.5 Å². The number of nitrogens with zero attached hydrogens (tertiary/aromatic N) is 1. The summed E-state index contributed by atoms with van der Waals surface area (Å²) >= 11 is 0. The summed E-state index contributed by atoms with van der Waals surface area (Å²) in [6.07, 6.45) is 3.17. The first kappa shape index (κ1) is 11.5. The van der Waals surface area contributed by atoms with Gasteiger partial charge in [0.1, 0.15) is 5.54 Å². The maximum atomic E-state index is 11.0. The van der Waals surface area contributed by atoms with Crippen molar-refractivity contribution in [3.05, 3.63) is 0 Å². The molecule has 0 spiro atoms. The predicted molar refractivity (Wildman–Crippen MR) is 55.4 cm³/mol. The van der Waals surface area contributed by atoms with Gasteiger partial charge in [-0.1, -0.05) is 0 Å². The van der Waals surface area contributed by atoms with Gasteiger partial charge in [0.05, 0.1) is 0 Å². The maximum absolute atomic E-state index is 11.0. The summed E-state index contributed by atoms with van der Waals surface area (Å²) in [5, 5.41) is 11.9. The second kappa shape index (κ2) is 4.28. The van der Waals surface area contributed by atoms with Crippen molar-refractivity contribution in [2.45, 2.75) is 37.8 Å². The van der Waals surface area contributed by atoms with Crippen LogP contribution in [0.4, 0.5) is 0 Å².